The van der Waals surface area contributed by atoms with Crippen molar-refractivity contribution >= 4 is 0 Å². The van der Waals surface area contributed by atoms with Gasteiger partial charge in [0.25, 0.3) is 0 Å². The van der Waals surface area contributed by atoms with Crippen LogP contribution >= 0.6 is 0 Å². The van der Waals surface area contributed by atoms with Gasteiger partial charge in [-0.25, -0.2) is 0 Å². The molecule has 2 unspecified atom stereocenters. The molecule has 1 saturated carbocycles. The number of hydrogen-bond donors (Lipinski definition) is 0. The van der Waals surface area contributed by atoms with Gasteiger partial charge in [-0.05, 0) is 24.8 Å². The molecule has 82 valence electrons. The van der Waals surface area contributed by atoms with Gasteiger partial charge in [-0.15, -0.1) is 0 Å². The predicted molar refractivity (Wildman–Crippen MR) is 62.5 cm³/mol. The van der Waals surface area contributed by atoms with E-state index in [4.69, 9.17) is 5.26 Å². The zero-order valence-electron chi connectivity index (χ0n) is 9.34. The Morgan fingerprint density at radius 3 is 2.44 bits per heavy atom. The first-order valence-corrected chi connectivity index (χ1v) is 6.06. The van der Waals surface area contributed by atoms with E-state index in [1.54, 1.807) is 0 Å². The SMILES string of the molecule is N#CC1CC2CC(C1)N2Cc1ccccc1. The largest absolute Gasteiger partial charge is 0.293 e. The number of piperidine rings is 1. The van der Waals surface area contributed by atoms with Crippen LogP contribution in [0.5, 0.6) is 0 Å². The second-order valence-corrected chi connectivity index (χ2v) is 5.00. The van der Waals surface area contributed by atoms with Gasteiger partial charge in [0.1, 0.15) is 0 Å². The fraction of sp³-hybridized carbons (Fsp3) is 0.500. The summed E-state index contributed by atoms with van der Waals surface area (Å²) in [5.41, 5.74) is 1.40. The number of nitrogens with zero attached hydrogens (tertiary/aromatic N) is 2. The normalized spacial score (nSPS) is 32.8. The van der Waals surface area contributed by atoms with Crippen molar-refractivity contribution in [3.05, 3.63) is 35.9 Å². The molecule has 2 heteroatoms. The molecule has 4 rings (SSSR count). The highest BCUT2D eigenvalue weighted by Gasteiger charge is 2.44. The molecular weight excluding hydrogens is 196 g/mol. The third-order valence-corrected chi connectivity index (χ3v) is 3.99. The summed E-state index contributed by atoms with van der Waals surface area (Å²) in [6.07, 6.45) is 3.48. The van der Waals surface area contributed by atoms with E-state index in [0.29, 0.717) is 18.0 Å². The lowest BCUT2D eigenvalue weighted by Gasteiger charge is -2.54. The maximum Gasteiger partial charge on any atom is 0.0657 e. The van der Waals surface area contributed by atoms with Crippen molar-refractivity contribution in [3.8, 4) is 6.07 Å². The summed E-state index contributed by atoms with van der Waals surface area (Å²) in [7, 11) is 0. The van der Waals surface area contributed by atoms with Crippen molar-refractivity contribution in [3.63, 3.8) is 0 Å². The molecule has 2 heterocycles. The van der Waals surface area contributed by atoms with E-state index < -0.39 is 0 Å². The van der Waals surface area contributed by atoms with Gasteiger partial charge in [0, 0.05) is 24.5 Å². The number of fused-ring (bicyclic) bond motifs is 2. The number of rotatable bonds is 2. The zero-order chi connectivity index (χ0) is 11.0. The average molecular weight is 212 g/mol. The lowest BCUT2D eigenvalue weighted by molar-refractivity contribution is -0.0481. The first-order valence-electron chi connectivity index (χ1n) is 6.06. The molecule has 1 aliphatic carbocycles. The van der Waals surface area contributed by atoms with Gasteiger partial charge < -0.3 is 0 Å². The highest BCUT2D eigenvalue weighted by molar-refractivity contribution is 5.16. The number of benzene rings is 1. The molecule has 2 saturated heterocycles. The summed E-state index contributed by atoms with van der Waals surface area (Å²) >= 11 is 0. The van der Waals surface area contributed by atoms with Crippen LogP contribution in [0.3, 0.4) is 0 Å². The average Bonchev–Trinajstić information content (AvgIpc) is 2.37. The molecule has 0 aromatic heterocycles. The lowest BCUT2D eigenvalue weighted by atomic mass is 9.74. The summed E-state index contributed by atoms with van der Waals surface area (Å²) in [6.45, 7) is 1.06. The second kappa shape index (κ2) is 3.92. The minimum atomic E-state index is 0.316. The van der Waals surface area contributed by atoms with Gasteiger partial charge >= 0.3 is 0 Å². The van der Waals surface area contributed by atoms with E-state index in [2.05, 4.69) is 41.3 Å². The molecule has 0 radical (unpaired) electrons. The maximum atomic E-state index is 8.94. The molecule has 16 heavy (non-hydrogen) atoms. The van der Waals surface area contributed by atoms with E-state index in [0.717, 1.165) is 19.4 Å². The Hall–Kier alpha value is -1.33. The van der Waals surface area contributed by atoms with Crippen LogP contribution in [0.1, 0.15) is 24.8 Å². The van der Waals surface area contributed by atoms with Crippen molar-refractivity contribution in [1.82, 2.24) is 4.90 Å². The van der Waals surface area contributed by atoms with Crippen molar-refractivity contribution in [2.75, 3.05) is 0 Å². The van der Waals surface area contributed by atoms with Gasteiger partial charge in [-0.1, -0.05) is 30.3 Å². The van der Waals surface area contributed by atoms with Gasteiger partial charge in [0.05, 0.1) is 6.07 Å². The molecule has 2 aliphatic heterocycles. The van der Waals surface area contributed by atoms with Gasteiger partial charge in [0.15, 0.2) is 0 Å². The molecule has 1 aromatic carbocycles. The van der Waals surface area contributed by atoms with Crippen LogP contribution in [0, 0.1) is 17.2 Å². The van der Waals surface area contributed by atoms with Crippen LogP contribution in [0.15, 0.2) is 30.3 Å². The summed E-state index contributed by atoms with van der Waals surface area (Å²) < 4.78 is 0. The predicted octanol–water partition coefficient (Wildman–Crippen LogP) is 2.56. The Balaban J connectivity index is 1.65. The maximum absolute atomic E-state index is 8.94. The molecule has 2 atom stereocenters. The van der Waals surface area contributed by atoms with Crippen molar-refractivity contribution in [1.29, 1.82) is 5.26 Å². The third kappa shape index (κ3) is 1.62. The Morgan fingerprint density at radius 1 is 1.12 bits per heavy atom. The van der Waals surface area contributed by atoms with E-state index in [9.17, 15) is 0 Å². The quantitative estimate of drug-likeness (QED) is 0.753. The van der Waals surface area contributed by atoms with E-state index >= 15 is 0 Å². The highest BCUT2D eigenvalue weighted by Crippen LogP contribution is 2.41. The summed E-state index contributed by atoms with van der Waals surface area (Å²) in [6, 6.07) is 14.4. The smallest absolute Gasteiger partial charge is 0.0657 e. The fourth-order valence-corrected chi connectivity index (χ4v) is 3.12. The van der Waals surface area contributed by atoms with Crippen molar-refractivity contribution < 1.29 is 0 Å². The number of hydrogen-bond acceptors (Lipinski definition) is 2. The summed E-state index contributed by atoms with van der Waals surface area (Å²) in [4.78, 5) is 2.57. The van der Waals surface area contributed by atoms with Crippen LogP contribution in [0.4, 0.5) is 0 Å². The monoisotopic (exact) mass is 212 g/mol. The lowest BCUT2D eigenvalue weighted by Crippen LogP contribution is -2.59. The van der Waals surface area contributed by atoms with E-state index in [1.165, 1.54) is 12.0 Å². The summed E-state index contributed by atoms with van der Waals surface area (Å²) in [5.74, 6) is 0.316. The van der Waals surface area contributed by atoms with E-state index in [-0.39, 0.29) is 0 Å². The molecular formula is C14H16N2. The van der Waals surface area contributed by atoms with Crippen molar-refractivity contribution in [2.45, 2.75) is 37.9 Å². The zero-order valence-corrected chi connectivity index (χ0v) is 9.34. The summed E-state index contributed by atoms with van der Waals surface area (Å²) in [5, 5.41) is 8.94. The molecule has 2 bridgehead atoms. The molecule has 0 amide bonds. The molecule has 0 N–H and O–H groups in total. The Labute approximate surface area is 96.5 Å². The van der Waals surface area contributed by atoms with Crippen LogP contribution in [-0.4, -0.2) is 17.0 Å². The molecule has 2 nitrogen and oxygen atoms in total. The first kappa shape index (κ1) is 9.86. The fourth-order valence-electron chi connectivity index (χ4n) is 3.12. The van der Waals surface area contributed by atoms with Gasteiger partial charge in [-0.3, -0.25) is 4.90 Å². The molecule has 3 fully saturated rings. The molecule has 0 spiro atoms. The second-order valence-electron chi connectivity index (χ2n) is 5.00. The Bertz CT molecular complexity index is 394. The topological polar surface area (TPSA) is 27.0 Å². The minimum absolute atomic E-state index is 0.316. The molecule has 1 aromatic rings. The van der Waals surface area contributed by atoms with Gasteiger partial charge in [0.2, 0.25) is 0 Å². The Morgan fingerprint density at radius 2 is 1.81 bits per heavy atom. The molecule has 3 aliphatic rings. The standard InChI is InChI=1S/C14H16N2/c15-9-12-6-13-8-14(7-12)16(13)10-11-4-2-1-3-5-11/h1-5,12-14H,6-8,10H2. The number of nitriles is 1. The minimum Gasteiger partial charge on any atom is -0.293 e. The van der Waals surface area contributed by atoms with Crippen LogP contribution < -0.4 is 0 Å². The Kier molecular flexibility index (Phi) is 2.41. The van der Waals surface area contributed by atoms with Crippen LogP contribution in [-0.2, 0) is 6.54 Å². The third-order valence-electron chi connectivity index (χ3n) is 3.99. The first-order chi connectivity index (χ1) is 7.86. The van der Waals surface area contributed by atoms with Crippen LogP contribution in [0.25, 0.3) is 0 Å². The highest BCUT2D eigenvalue weighted by atomic mass is 15.3. The van der Waals surface area contributed by atoms with Gasteiger partial charge in [-0.2, -0.15) is 5.26 Å². The van der Waals surface area contributed by atoms with Crippen molar-refractivity contribution in [2.24, 2.45) is 5.92 Å². The van der Waals surface area contributed by atoms with E-state index in [1.807, 2.05) is 0 Å². The van der Waals surface area contributed by atoms with Crippen LogP contribution in [0.2, 0.25) is 0 Å².